The van der Waals surface area contributed by atoms with Crippen LogP contribution in [0.15, 0.2) is 25.3 Å². The second-order valence-electron chi connectivity index (χ2n) is 1.24. The van der Waals surface area contributed by atoms with Crippen LogP contribution in [0.5, 0.6) is 0 Å². The van der Waals surface area contributed by atoms with Crippen LogP contribution in [0.25, 0.3) is 0 Å². The first-order valence-corrected chi connectivity index (χ1v) is 6.38. The van der Waals surface area contributed by atoms with Gasteiger partial charge in [0, 0.05) is 0 Å². The maximum absolute atomic E-state index is 3.64. The Balaban J connectivity index is -0.000000180. The summed E-state index contributed by atoms with van der Waals surface area (Å²) in [7, 11) is 0. The Bertz CT molecular complexity index is 56.1. The molecule has 0 spiro atoms. The molecule has 0 bridgehead atoms. The van der Waals surface area contributed by atoms with E-state index in [0.29, 0.717) is 0 Å². The van der Waals surface area contributed by atoms with E-state index in [9.17, 15) is 0 Å². The zero-order chi connectivity index (χ0) is 5.54. The number of halogens is 2. The summed E-state index contributed by atoms with van der Waals surface area (Å²) in [6.45, 7) is 7.28. The van der Waals surface area contributed by atoms with Crippen LogP contribution in [-0.4, -0.2) is 21.1 Å². The molecule has 0 aliphatic carbocycles. The van der Waals surface area contributed by atoms with Gasteiger partial charge < -0.3 is 0 Å². The van der Waals surface area contributed by atoms with Crippen LogP contribution in [0, 0.1) is 0 Å². The van der Waals surface area contributed by atoms with Crippen molar-refractivity contribution in [3.05, 3.63) is 25.3 Å². The second kappa shape index (κ2) is 15.9. The van der Waals surface area contributed by atoms with Gasteiger partial charge in [0.25, 0.3) is 0 Å². The Morgan fingerprint density at radius 2 is 1.33 bits per heavy atom. The van der Waals surface area contributed by atoms with Crippen molar-refractivity contribution >= 4 is 46.0 Å². The molecule has 0 unspecified atom stereocenters. The molecule has 2 radical (unpaired) electrons. The minimum absolute atomic E-state index is 0. The summed E-state index contributed by atoms with van der Waals surface area (Å²) in [5.41, 5.74) is 0. The predicted molar refractivity (Wildman–Crippen MR) is 50.3 cm³/mol. The third-order valence-electron chi connectivity index (χ3n) is 0.577. The molecule has 0 aromatic carbocycles. The van der Waals surface area contributed by atoms with Crippen LogP contribution >= 0.6 is 24.8 Å². The fourth-order valence-corrected chi connectivity index (χ4v) is 1.93. The van der Waals surface area contributed by atoms with Crippen LogP contribution < -0.4 is 0 Å². The minimum Gasteiger partial charge on any atom is -0.147 e. The van der Waals surface area contributed by atoms with Crippen LogP contribution in [0.1, 0.15) is 0 Å². The number of hydrogen-bond donors (Lipinski definition) is 0. The van der Waals surface area contributed by atoms with Crippen LogP contribution in [-0.2, 0) is 0 Å². The molecule has 0 aromatic rings. The maximum atomic E-state index is 3.64. The van der Waals surface area contributed by atoms with E-state index in [1.54, 1.807) is 0 Å². The summed E-state index contributed by atoms with van der Waals surface area (Å²) in [4.78, 5) is 0. The molecule has 0 aromatic heterocycles. The third-order valence-corrected chi connectivity index (χ3v) is 3.87. The molecule has 0 amide bonds. The van der Waals surface area contributed by atoms with Crippen molar-refractivity contribution in [1.82, 2.24) is 0 Å². The van der Waals surface area contributed by atoms with E-state index >= 15 is 0 Å². The molecule has 0 N–H and O–H groups in total. The Morgan fingerprint density at radius 3 is 1.56 bits per heavy atom. The van der Waals surface area contributed by atoms with E-state index in [4.69, 9.17) is 0 Å². The van der Waals surface area contributed by atoms with Gasteiger partial charge >= 0.3 is 55.3 Å². The normalized spacial score (nSPS) is 6.22. The molecule has 0 aliphatic rings. The van der Waals surface area contributed by atoms with E-state index in [2.05, 4.69) is 13.2 Å². The molecule has 0 saturated heterocycles. The first kappa shape index (κ1) is 16.4. The smallest absolute Gasteiger partial charge is 0.147 e. The first-order valence-electron chi connectivity index (χ1n) is 2.34. The van der Waals surface area contributed by atoms with Crippen molar-refractivity contribution in [2.75, 3.05) is 0 Å². The zero-order valence-corrected chi connectivity index (χ0v) is 9.79. The van der Waals surface area contributed by atoms with Gasteiger partial charge in [-0.1, -0.05) is 0 Å². The molecule has 0 saturated carbocycles. The van der Waals surface area contributed by atoms with Crippen molar-refractivity contribution in [2.24, 2.45) is 0 Å². The number of allylic oxidation sites excluding steroid dienone is 2. The quantitative estimate of drug-likeness (QED) is 0.420. The number of hydrogen-bond acceptors (Lipinski definition) is 0. The topological polar surface area (TPSA) is 0 Å². The summed E-state index contributed by atoms with van der Waals surface area (Å²) in [6.07, 6.45) is 4.02. The molecule has 54 valence electrons. The largest absolute Gasteiger partial charge is 0.147 e. The van der Waals surface area contributed by atoms with Crippen molar-refractivity contribution in [3.8, 4) is 0 Å². The summed E-state index contributed by atoms with van der Waals surface area (Å²) < 4.78 is 2.57. The Morgan fingerprint density at radius 1 is 1.00 bits per heavy atom. The van der Waals surface area contributed by atoms with Gasteiger partial charge in [-0.05, 0) is 0 Å². The van der Waals surface area contributed by atoms with E-state index < -0.39 is 0 Å². The molecule has 0 fully saturated rings. The average molecular weight is 274 g/mol. The molecule has 9 heavy (non-hydrogen) atoms. The summed E-state index contributed by atoms with van der Waals surface area (Å²) in [5, 5.41) is 0. The summed E-state index contributed by atoms with van der Waals surface area (Å²) >= 11 is -0.0547. The molecule has 0 atom stereocenters. The SMILES string of the molecule is C=C[CH2][Sn][CH2]C=C.Cl.Cl. The molecule has 0 heterocycles. The zero-order valence-electron chi connectivity index (χ0n) is 5.30. The second-order valence-corrected chi connectivity index (χ2v) is 4.99. The van der Waals surface area contributed by atoms with Crippen molar-refractivity contribution in [1.29, 1.82) is 0 Å². The van der Waals surface area contributed by atoms with Gasteiger partial charge in [-0.2, -0.15) is 0 Å². The molecular formula is C6H12Cl2Sn. The Labute approximate surface area is 79.8 Å². The van der Waals surface area contributed by atoms with Gasteiger partial charge in [0.15, 0.2) is 0 Å². The van der Waals surface area contributed by atoms with E-state index in [1.165, 1.54) is 8.87 Å². The molecule has 0 aliphatic heterocycles. The van der Waals surface area contributed by atoms with Gasteiger partial charge in [-0.25, -0.2) is 0 Å². The summed E-state index contributed by atoms with van der Waals surface area (Å²) in [6, 6.07) is 0. The third kappa shape index (κ3) is 17.7. The Kier molecular flexibility index (Phi) is 29.1. The first-order chi connectivity index (χ1) is 3.41. The van der Waals surface area contributed by atoms with Gasteiger partial charge in [-0.3, -0.25) is 0 Å². The minimum atomic E-state index is -0.0547. The van der Waals surface area contributed by atoms with Gasteiger partial charge in [0.1, 0.15) is 0 Å². The predicted octanol–water partition coefficient (Wildman–Crippen LogP) is 2.74. The van der Waals surface area contributed by atoms with E-state index in [-0.39, 0.29) is 46.0 Å². The van der Waals surface area contributed by atoms with E-state index in [0.717, 1.165) is 0 Å². The van der Waals surface area contributed by atoms with Gasteiger partial charge in [0.05, 0.1) is 0 Å². The molecular weight excluding hydrogens is 262 g/mol. The van der Waals surface area contributed by atoms with Crippen molar-refractivity contribution < 1.29 is 0 Å². The molecule has 0 nitrogen and oxygen atoms in total. The van der Waals surface area contributed by atoms with E-state index in [1.807, 2.05) is 12.2 Å². The number of rotatable bonds is 4. The van der Waals surface area contributed by atoms with Gasteiger partial charge in [-0.15, -0.1) is 24.8 Å². The fourth-order valence-electron chi connectivity index (χ4n) is 0.287. The van der Waals surface area contributed by atoms with Crippen molar-refractivity contribution in [2.45, 2.75) is 8.87 Å². The average Bonchev–Trinajstić information content (AvgIpc) is 1.69. The standard InChI is InChI=1S/2C3H5.2ClH.Sn/c2*1-3-2;;;/h2*3H,1-2H2;2*1H;. The maximum Gasteiger partial charge on any atom is -0.147 e. The molecule has 3 heteroatoms. The van der Waals surface area contributed by atoms with Gasteiger partial charge in [0.2, 0.25) is 0 Å². The molecule has 0 rings (SSSR count). The monoisotopic (exact) mass is 274 g/mol. The Hall–Kier alpha value is 0.859. The summed E-state index contributed by atoms with van der Waals surface area (Å²) in [5.74, 6) is 0. The van der Waals surface area contributed by atoms with Crippen LogP contribution in [0.2, 0.25) is 8.87 Å². The van der Waals surface area contributed by atoms with Crippen molar-refractivity contribution in [3.63, 3.8) is 0 Å². The fraction of sp³-hybridized carbons (Fsp3) is 0.333. The van der Waals surface area contributed by atoms with Crippen LogP contribution in [0.3, 0.4) is 0 Å². The van der Waals surface area contributed by atoms with Crippen LogP contribution in [0.4, 0.5) is 0 Å².